The van der Waals surface area contributed by atoms with Gasteiger partial charge in [0.15, 0.2) is 0 Å². The van der Waals surface area contributed by atoms with Gasteiger partial charge < -0.3 is 15.2 Å². The summed E-state index contributed by atoms with van der Waals surface area (Å²) in [5, 5.41) is 3.30. The lowest BCUT2D eigenvalue weighted by Gasteiger charge is -2.13. The highest BCUT2D eigenvalue weighted by Gasteiger charge is 2.27. The highest BCUT2D eigenvalue weighted by atomic mass is 16.3. The largest absolute Gasteiger partial charge is 0.467 e. The van der Waals surface area contributed by atoms with Gasteiger partial charge in [-0.15, -0.1) is 0 Å². The Labute approximate surface area is 111 Å². The van der Waals surface area contributed by atoms with Gasteiger partial charge >= 0.3 is 0 Å². The van der Waals surface area contributed by atoms with Gasteiger partial charge in [0.1, 0.15) is 23.2 Å². The second-order valence-corrected chi connectivity index (χ2v) is 4.80. The van der Waals surface area contributed by atoms with Crippen LogP contribution in [0.2, 0.25) is 0 Å². The molecule has 3 rings (SSSR count). The Morgan fingerprint density at radius 1 is 1.37 bits per heavy atom. The summed E-state index contributed by atoms with van der Waals surface area (Å²) >= 11 is 0. The van der Waals surface area contributed by atoms with Gasteiger partial charge in [0.05, 0.1) is 12.3 Å². The molecule has 6 nitrogen and oxygen atoms in total. The average molecular weight is 259 g/mol. The molecule has 19 heavy (non-hydrogen) atoms. The van der Waals surface area contributed by atoms with Crippen LogP contribution in [-0.4, -0.2) is 9.97 Å². The second kappa shape index (κ2) is 4.89. The van der Waals surface area contributed by atoms with Crippen molar-refractivity contribution >= 4 is 11.6 Å². The minimum atomic E-state index is 0.0441. The van der Waals surface area contributed by atoms with Crippen molar-refractivity contribution in [3.63, 3.8) is 0 Å². The van der Waals surface area contributed by atoms with Crippen LogP contribution in [0.15, 0.2) is 28.9 Å². The zero-order valence-electron chi connectivity index (χ0n) is 10.8. The van der Waals surface area contributed by atoms with Crippen LogP contribution in [0.25, 0.3) is 0 Å². The summed E-state index contributed by atoms with van der Waals surface area (Å²) in [7, 11) is 0. The van der Waals surface area contributed by atoms with Crippen LogP contribution >= 0.6 is 0 Å². The van der Waals surface area contributed by atoms with Gasteiger partial charge in [-0.25, -0.2) is 15.8 Å². The first kappa shape index (κ1) is 12.0. The Hall–Kier alpha value is -2.08. The molecule has 1 atom stereocenters. The van der Waals surface area contributed by atoms with Crippen molar-refractivity contribution in [3.8, 4) is 0 Å². The number of anilines is 2. The van der Waals surface area contributed by atoms with Crippen molar-refractivity contribution in [2.75, 3.05) is 10.7 Å². The first-order valence-electron chi connectivity index (χ1n) is 6.42. The number of furan rings is 1. The van der Waals surface area contributed by atoms with Crippen molar-refractivity contribution in [2.45, 2.75) is 31.7 Å². The van der Waals surface area contributed by atoms with Gasteiger partial charge in [-0.3, -0.25) is 0 Å². The van der Waals surface area contributed by atoms with E-state index >= 15 is 0 Å². The summed E-state index contributed by atoms with van der Waals surface area (Å²) in [6, 6.07) is 5.65. The Kier molecular flexibility index (Phi) is 3.08. The Morgan fingerprint density at radius 3 is 2.79 bits per heavy atom. The molecule has 2 aromatic rings. The van der Waals surface area contributed by atoms with Gasteiger partial charge in [-0.05, 0) is 31.9 Å². The van der Waals surface area contributed by atoms with E-state index in [-0.39, 0.29) is 6.04 Å². The van der Waals surface area contributed by atoms with Crippen LogP contribution in [0.1, 0.15) is 43.3 Å². The topological polar surface area (TPSA) is 89.0 Å². The highest BCUT2D eigenvalue weighted by Crippen LogP contribution is 2.39. The molecule has 4 N–H and O–H groups in total. The quantitative estimate of drug-likeness (QED) is 0.564. The molecule has 2 aromatic heterocycles. The minimum absolute atomic E-state index is 0.0441. The van der Waals surface area contributed by atoms with Crippen molar-refractivity contribution in [3.05, 3.63) is 36.0 Å². The Balaban J connectivity index is 1.81. The molecule has 0 aliphatic heterocycles. The maximum absolute atomic E-state index is 5.45. The predicted octanol–water partition coefficient (Wildman–Crippen LogP) is 2.41. The molecule has 0 amide bonds. The van der Waals surface area contributed by atoms with Crippen LogP contribution in [0.4, 0.5) is 11.6 Å². The summed E-state index contributed by atoms with van der Waals surface area (Å²) in [6.45, 7) is 2.02. The van der Waals surface area contributed by atoms with E-state index in [1.54, 1.807) is 12.3 Å². The maximum atomic E-state index is 5.45. The number of hydrogen-bond donors (Lipinski definition) is 3. The molecule has 1 saturated carbocycles. The molecule has 0 saturated heterocycles. The van der Waals surface area contributed by atoms with Crippen LogP contribution in [-0.2, 0) is 0 Å². The third-order valence-electron chi connectivity index (χ3n) is 3.17. The van der Waals surface area contributed by atoms with E-state index in [1.807, 2.05) is 19.1 Å². The summed E-state index contributed by atoms with van der Waals surface area (Å²) in [6.07, 6.45) is 3.97. The van der Waals surface area contributed by atoms with Crippen LogP contribution in [0.3, 0.4) is 0 Å². The number of nitrogens with two attached hydrogens (primary N) is 1. The molecule has 0 bridgehead atoms. The van der Waals surface area contributed by atoms with Crippen LogP contribution < -0.4 is 16.6 Å². The van der Waals surface area contributed by atoms with Crippen LogP contribution in [0.5, 0.6) is 0 Å². The fourth-order valence-corrected chi connectivity index (χ4v) is 1.97. The molecule has 1 fully saturated rings. The number of nitrogen functional groups attached to an aromatic ring is 1. The molecule has 0 radical (unpaired) electrons. The number of hydrogen-bond acceptors (Lipinski definition) is 6. The third kappa shape index (κ3) is 2.68. The van der Waals surface area contributed by atoms with Crippen molar-refractivity contribution in [2.24, 2.45) is 5.84 Å². The van der Waals surface area contributed by atoms with Crippen molar-refractivity contribution < 1.29 is 4.42 Å². The van der Waals surface area contributed by atoms with E-state index in [0.717, 1.165) is 30.2 Å². The Bertz CT molecular complexity index is 550. The SMILES string of the molecule is CC(Nc1cc(NN)nc(C2CC2)n1)c1ccco1. The standard InChI is InChI=1S/C13H17N5O/c1-8(10-3-2-6-19-10)15-11-7-12(18-14)17-13(16-11)9-4-5-9/h2-3,6-9H,4-5,14H2,1H3,(H2,15,16,17,18). The van der Waals surface area contributed by atoms with Crippen LogP contribution in [0, 0.1) is 0 Å². The number of rotatable bonds is 5. The smallest absolute Gasteiger partial charge is 0.145 e. The monoisotopic (exact) mass is 259 g/mol. The molecule has 1 unspecified atom stereocenters. The average Bonchev–Trinajstić information content (AvgIpc) is 3.13. The predicted molar refractivity (Wildman–Crippen MR) is 72.6 cm³/mol. The Morgan fingerprint density at radius 2 is 2.16 bits per heavy atom. The summed E-state index contributed by atoms with van der Waals surface area (Å²) in [5.41, 5.74) is 2.58. The summed E-state index contributed by atoms with van der Waals surface area (Å²) in [4.78, 5) is 8.91. The number of hydrazine groups is 1. The number of nitrogens with zero attached hydrogens (tertiary/aromatic N) is 2. The zero-order chi connectivity index (χ0) is 13.2. The van der Waals surface area contributed by atoms with Gasteiger partial charge in [0, 0.05) is 12.0 Å². The maximum Gasteiger partial charge on any atom is 0.145 e. The fourth-order valence-electron chi connectivity index (χ4n) is 1.97. The van der Waals surface area contributed by atoms with E-state index in [2.05, 4.69) is 20.7 Å². The van der Waals surface area contributed by atoms with E-state index in [4.69, 9.17) is 10.3 Å². The van der Waals surface area contributed by atoms with Gasteiger partial charge in [-0.2, -0.15) is 0 Å². The number of aromatic nitrogens is 2. The zero-order valence-corrected chi connectivity index (χ0v) is 10.8. The molecular weight excluding hydrogens is 242 g/mol. The van der Waals surface area contributed by atoms with Crippen molar-refractivity contribution in [1.82, 2.24) is 9.97 Å². The fraction of sp³-hybridized carbons (Fsp3) is 0.385. The molecule has 100 valence electrons. The van der Waals surface area contributed by atoms with E-state index in [9.17, 15) is 0 Å². The molecule has 0 aromatic carbocycles. The highest BCUT2D eigenvalue weighted by molar-refractivity contribution is 5.48. The molecule has 1 aliphatic rings. The number of nitrogens with one attached hydrogen (secondary N) is 2. The lowest BCUT2D eigenvalue weighted by Crippen LogP contribution is -2.13. The molecule has 2 heterocycles. The van der Waals surface area contributed by atoms with E-state index in [1.165, 1.54) is 0 Å². The lowest BCUT2D eigenvalue weighted by molar-refractivity contribution is 0.490. The normalized spacial score (nSPS) is 16.1. The third-order valence-corrected chi connectivity index (χ3v) is 3.17. The summed E-state index contributed by atoms with van der Waals surface area (Å²) < 4.78 is 5.37. The minimum Gasteiger partial charge on any atom is -0.467 e. The van der Waals surface area contributed by atoms with Gasteiger partial charge in [-0.1, -0.05) is 0 Å². The van der Waals surface area contributed by atoms with Gasteiger partial charge in [0.2, 0.25) is 0 Å². The molecule has 6 heteroatoms. The van der Waals surface area contributed by atoms with E-state index in [0.29, 0.717) is 11.7 Å². The first-order chi connectivity index (χ1) is 9.26. The molecule has 1 aliphatic carbocycles. The lowest BCUT2D eigenvalue weighted by atomic mass is 10.2. The molecule has 0 spiro atoms. The molecular formula is C13H17N5O. The van der Waals surface area contributed by atoms with Gasteiger partial charge in [0.25, 0.3) is 0 Å². The second-order valence-electron chi connectivity index (χ2n) is 4.80. The van der Waals surface area contributed by atoms with E-state index < -0.39 is 0 Å². The first-order valence-corrected chi connectivity index (χ1v) is 6.42. The summed E-state index contributed by atoms with van der Waals surface area (Å²) in [5.74, 6) is 9.04. The van der Waals surface area contributed by atoms with Crippen molar-refractivity contribution in [1.29, 1.82) is 0 Å².